The monoisotopic (exact) mass is 399 g/mol. The van der Waals surface area contributed by atoms with Crippen LogP contribution >= 0.6 is 11.3 Å². The summed E-state index contributed by atoms with van der Waals surface area (Å²) in [6, 6.07) is 27.8. The number of carboxylic acids is 1. The first-order chi connectivity index (χ1) is 14.2. The topological polar surface area (TPSA) is 49.4 Å². The smallest absolute Gasteiger partial charge is 0.127 e. The molecule has 144 valence electrons. The van der Waals surface area contributed by atoms with Gasteiger partial charge in [0, 0.05) is 28.4 Å². The Balaban J connectivity index is 1.62. The molecule has 0 aliphatic carbocycles. The largest absolute Gasteiger partial charge is 0.550 e. The maximum atomic E-state index is 10.8. The molecule has 4 rings (SSSR count). The molecule has 0 unspecified atom stereocenters. The summed E-state index contributed by atoms with van der Waals surface area (Å²) in [4.78, 5) is 11.9. The molecule has 0 radical (unpaired) electrons. The van der Waals surface area contributed by atoms with E-state index in [9.17, 15) is 9.90 Å². The first-order valence-corrected chi connectivity index (χ1v) is 10.2. The second-order valence-electron chi connectivity index (χ2n) is 6.68. The van der Waals surface area contributed by atoms with Crippen molar-refractivity contribution in [3.05, 3.63) is 101 Å². The molecule has 1 heterocycles. The van der Waals surface area contributed by atoms with E-state index in [4.69, 9.17) is 4.74 Å². The Hall–Kier alpha value is -3.37. The summed E-state index contributed by atoms with van der Waals surface area (Å²) in [5.74, 6) is -0.233. The molecular formula is C25H19O3S-. The highest BCUT2D eigenvalue weighted by molar-refractivity contribution is 7.14. The van der Waals surface area contributed by atoms with E-state index in [0.717, 1.165) is 38.4 Å². The van der Waals surface area contributed by atoms with Gasteiger partial charge in [-0.2, -0.15) is 0 Å². The van der Waals surface area contributed by atoms with Crippen LogP contribution < -0.4 is 9.84 Å². The van der Waals surface area contributed by atoms with Gasteiger partial charge in [0.05, 0.1) is 0 Å². The van der Waals surface area contributed by atoms with Crippen LogP contribution in [0.5, 0.6) is 5.75 Å². The second-order valence-corrected chi connectivity index (χ2v) is 7.60. The highest BCUT2D eigenvalue weighted by Crippen LogP contribution is 2.41. The molecule has 0 aliphatic heterocycles. The van der Waals surface area contributed by atoms with Crippen molar-refractivity contribution in [3.63, 3.8) is 0 Å². The molecule has 0 atom stereocenters. The molecule has 1 aromatic heterocycles. The summed E-state index contributed by atoms with van der Waals surface area (Å²) >= 11 is 1.66. The molecule has 0 saturated heterocycles. The van der Waals surface area contributed by atoms with E-state index in [0.29, 0.717) is 6.61 Å². The van der Waals surface area contributed by atoms with Gasteiger partial charge < -0.3 is 14.6 Å². The number of rotatable bonds is 7. The Kier molecular flexibility index (Phi) is 5.73. The lowest BCUT2D eigenvalue weighted by molar-refractivity contribution is -0.304. The van der Waals surface area contributed by atoms with Crippen molar-refractivity contribution in [3.8, 4) is 27.3 Å². The number of aliphatic carboxylic acids is 1. The van der Waals surface area contributed by atoms with Crippen LogP contribution in [0, 0.1) is 0 Å². The second kappa shape index (κ2) is 8.76. The van der Waals surface area contributed by atoms with Gasteiger partial charge in [-0.25, -0.2) is 0 Å². The van der Waals surface area contributed by atoms with Gasteiger partial charge in [-0.15, -0.1) is 11.3 Å². The summed E-state index contributed by atoms with van der Waals surface area (Å²) in [5.41, 5.74) is 5.05. The SMILES string of the molecule is O=C([O-])Cc1ccc(-c2sccc2-c2ccccc2OCc2ccccc2)cc1. The minimum absolute atomic E-state index is 0.0757. The Bertz CT molecular complexity index is 1100. The van der Waals surface area contributed by atoms with Crippen molar-refractivity contribution in [2.45, 2.75) is 13.0 Å². The number of hydrogen-bond acceptors (Lipinski definition) is 4. The van der Waals surface area contributed by atoms with Crippen LogP contribution in [0.15, 0.2) is 90.3 Å². The molecule has 0 saturated carbocycles. The van der Waals surface area contributed by atoms with Gasteiger partial charge in [-0.05, 0) is 34.2 Å². The highest BCUT2D eigenvalue weighted by atomic mass is 32.1. The summed E-state index contributed by atoms with van der Waals surface area (Å²) in [6.07, 6.45) is -0.0757. The fraction of sp³-hybridized carbons (Fsp3) is 0.0800. The van der Waals surface area contributed by atoms with Crippen molar-refractivity contribution in [1.29, 1.82) is 0 Å². The summed E-state index contributed by atoms with van der Waals surface area (Å²) in [5, 5.41) is 12.9. The van der Waals surface area contributed by atoms with Gasteiger partial charge >= 0.3 is 0 Å². The van der Waals surface area contributed by atoms with Gasteiger partial charge in [0.15, 0.2) is 0 Å². The van der Waals surface area contributed by atoms with Crippen LogP contribution in [-0.2, 0) is 17.8 Å². The molecule has 0 N–H and O–H groups in total. The Morgan fingerprint density at radius 3 is 2.28 bits per heavy atom. The van der Waals surface area contributed by atoms with E-state index >= 15 is 0 Å². The van der Waals surface area contributed by atoms with Crippen LogP contribution in [0.1, 0.15) is 11.1 Å². The number of carboxylic acid groups (broad SMARTS) is 1. The predicted molar refractivity (Wildman–Crippen MR) is 115 cm³/mol. The maximum Gasteiger partial charge on any atom is 0.127 e. The average molecular weight is 399 g/mol. The zero-order valence-electron chi connectivity index (χ0n) is 15.7. The number of hydrogen-bond donors (Lipinski definition) is 0. The Morgan fingerprint density at radius 2 is 1.52 bits per heavy atom. The normalized spacial score (nSPS) is 10.6. The van der Waals surface area contributed by atoms with E-state index in [1.54, 1.807) is 11.3 Å². The molecular weight excluding hydrogens is 380 g/mol. The summed E-state index contributed by atoms with van der Waals surface area (Å²) in [6.45, 7) is 0.509. The molecule has 3 nitrogen and oxygen atoms in total. The fourth-order valence-corrected chi connectivity index (χ4v) is 4.15. The molecule has 0 amide bonds. The van der Waals surface area contributed by atoms with E-state index in [-0.39, 0.29) is 6.42 Å². The lowest BCUT2D eigenvalue weighted by Gasteiger charge is -2.13. The average Bonchev–Trinajstić information content (AvgIpc) is 3.23. The quantitative estimate of drug-likeness (QED) is 0.442. The Labute approximate surface area is 173 Å². The van der Waals surface area contributed by atoms with Crippen molar-refractivity contribution in [2.24, 2.45) is 0 Å². The number of para-hydroxylation sites is 1. The van der Waals surface area contributed by atoms with E-state index < -0.39 is 5.97 Å². The van der Waals surface area contributed by atoms with Gasteiger partial charge in [-0.3, -0.25) is 0 Å². The van der Waals surface area contributed by atoms with Gasteiger partial charge in [0.1, 0.15) is 12.4 Å². The molecule has 3 aromatic carbocycles. The summed E-state index contributed by atoms with van der Waals surface area (Å²) < 4.78 is 6.13. The number of benzene rings is 3. The molecule has 4 aromatic rings. The zero-order chi connectivity index (χ0) is 20.1. The fourth-order valence-electron chi connectivity index (χ4n) is 3.24. The molecule has 0 aliphatic rings. The first kappa shape index (κ1) is 19.0. The van der Waals surface area contributed by atoms with Crippen molar-refractivity contribution in [2.75, 3.05) is 0 Å². The lowest BCUT2D eigenvalue weighted by Crippen LogP contribution is -2.24. The first-order valence-electron chi connectivity index (χ1n) is 9.33. The molecule has 29 heavy (non-hydrogen) atoms. The van der Waals surface area contributed by atoms with Gasteiger partial charge in [0.25, 0.3) is 0 Å². The third kappa shape index (κ3) is 4.55. The van der Waals surface area contributed by atoms with Gasteiger partial charge in [-0.1, -0.05) is 72.8 Å². The number of carbonyl (C=O) groups is 1. The number of carbonyl (C=O) groups excluding carboxylic acids is 1. The maximum absolute atomic E-state index is 10.8. The third-order valence-corrected chi connectivity index (χ3v) is 5.61. The molecule has 0 spiro atoms. The lowest BCUT2D eigenvalue weighted by atomic mass is 10.0. The van der Waals surface area contributed by atoms with E-state index in [2.05, 4.69) is 17.5 Å². The zero-order valence-corrected chi connectivity index (χ0v) is 16.5. The van der Waals surface area contributed by atoms with Crippen molar-refractivity contribution in [1.82, 2.24) is 0 Å². The van der Waals surface area contributed by atoms with Crippen molar-refractivity contribution < 1.29 is 14.6 Å². The minimum Gasteiger partial charge on any atom is -0.550 e. The number of thiophene rings is 1. The Morgan fingerprint density at radius 1 is 0.793 bits per heavy atom. The standard InChI is InChI=1S/C25H20O3S/c26-24(27)16-18-10-12-20(13-11-18)25-22(14-15-29-25)21-8-4-5-9-23(21)28-17-19-6-2-1-3-7-19/h1-15H,16-17H2,(H,26,27)/p-1. The predicted octanol–water partition coefficient (Wildman–Crippen LogP) is 4.95. The van der Waals surface area contributed by atoms with E-state index in [1.165, 1.54) is 0 Å². The molecule has 4 heteroatoms. The van der Waals surface area contributed by atoms with Crippen LogP contribution in [0.4, 0.5) is 0 Å². The van der Waals surface area contributed by atoms with Crippen LogP contribution in [0.3, 0.4) is 0 Å². The van der Waals surface area contributed by atoms with E-state index in [1.807, 2.05) is 72.8 Å². The van der Waals surface area contributed by atoms with Gasteiger partial charge in [0.2, 0.25) is 0 Å². The third-order valence-electron chi connectivity index (χ3n) is 4.64. The molecule has 0 fully saturated rings. The van der Waals surface area contributed by atoms with Crippen LogP contribution in [0.25, 0.3) is 21.6 Å². The minimum atomic E-state index is -1.07. The number of ether oxygens (including phenoxy) is 1. The van der Waals surface area contributed by atoms with Crippen LogP contribution in [-0.4, -0.2) is 5.97 Å². The van der Waals surface area contributed by atoms with Crippen LogP contribution in [0.2, 0.25) is 0 Å². The van der Waals surface area contributed by atoms with Crippen molar-refractivity contribution >= 4 is 17.3 Å². The summed E-state index contributed by atoms with van der Waals surface area (Å²) in [7, 11) is 0. The molecule has 0 bridgehead atoms. The highest BCUT2D eigenvalue weighted by Gasteiger charge is 2.13.